The molecule has 2 heterocycles. The molecular formula is C37H44N2O3. The summed E-state index contributed by atoms with van der Waals surface area (Å²) in [5, 5.41) is 24.0. The molecule has 3 aromatic carbocycles. The fourth-order valence-electron chi connectivity index (χ4n) is 9.30. The van der Waals surface area contributed by atoms with Gasteiger partial charge in [-0.15, -0.1) is 0 Å². The number of aryl methyl sites for hydroxylation is 1. The first kappa shape index (κ1) is 26.7. The Labute approximate surface area is 250 Å². The van der Waals surface area contributed by atoms with E-state index in [2.05, 4.69) is 76.5 Å². The minimum atomic E-state index is -0.834. The lowest BCUT2D eigenvalue weighted by atomic mass is 9.48. The smallest absolute Gasteiger partial charge is 0.165 e. The van der Waals surface area contributed by atoms with Crippen LogP contribution in [0.15, 0.2) is 72.8 Å². The molecule has 5 nitrogen and oxygen atoms in total. The van der Waals surface area contributed by atoms with Crippen LogP contribution in [0, 0.1) is 5.92 Å². The topological polar surface area (TPSA) is 56.2 Å². The molecule has 3 aromatic rings. The maximum Gasteiger partial charge on any atom is 0.165 e. The molecule has 0 amide bonds. The zero-order valence-corrected chi connectivity index (χ0v) is 24.6. The van der Waals surface area contributed by atoms with Crippen molar-refractivity contribution in [1.29, 1.82) is 0 Å². The van der Waals surface area contributed by atoms with Crippen LogP contribution in [0.25, 0.3) is 0 Å². The van der Waals surface area contributed by atoms with E-state index in [4.69, 9.17) is 4.74 Å². The Bertz CT molecular complexity index is 1430. The molecule has 3 fully saturated rings. The molecule has 0 unspecified atom stereocenters. The number of piperidine rings is 1. The molecule has 0 aromatic heterocycles. The minimum Gasteiger partial charge on any atom is -0.504 e. The first-order valence-electron chi connectivity index (χ1n) is 16.4. The number of phenols is 1. The number of phenolic OH excluding ortho intramolecular Hbond substituents is 1. The third-order valence-corrected chi connectivity index (χ3v) is 11.4. The van der Waals surface area contributed by atoms with Crippen LogP contribution in [0.4, 0.5) is 0 Å². The van der Waals surface area contributed by atoms with Gasteiger partial charge in [0.15, 0.2) is 11.5 Å². The summed E-state index contributed by atoms with van der Waals surface area (Å²) in [6.07, 6.45) is 9.28. The fraction of sp³-hybridized carbons (Fsp3) is 0.514. The number of likely N-dealkylation sites (tertiary alicyclic amines) is 1. The highest BCUT2D eigenvalue weighted by molar-refractivity contribution is 5.62. The van der Waals surface area contributed by atoms with E-state index < -0.39 is 11.0 Å². The van der Waals surface area contributed by atoms with Crippen LogP contribution in [0.2, 0.25) is 0 Å². The summed E-state index contributed by atoms with van der Waals surface area (Å²) >= 11 is 0. The Morgan fingerprint density at radius 3 is 2.40 bits per heavy atom. The molecule has 2 aliphatic heterocycles. The molecule has 3 aliphatic carbocycles. The van der Waals surface area contributed by atoms with Crippen LogP contribution in [0.5, 0.6) is 11.5 Å². The molecule has 220 valence electrons. The van der Waals surface area contributed by atoms with Crippen molar-refractivity contribution in [1.82, 2.24) is 9.80 Å². The quantitative estimate of drug-likeness (QED) is 0.303. The molecule has 42 heavy (non-hydrogen) atoms. The Hall–Kier alpha value is -2.86. The van der Waals surface area contributed by atoms with Crippen molar-refractivity contribution in [3.63, 3.8) is 0 Å². The van der Waals surface area contributed by atoms with E-state index in [0.29, 0.717) is 5.75 Å². The first-order chi connectivity index (χ1) is 20.6. The number of nitrogens with zero attached hydrogens (tertiary/aromatic N) is 2. The van der Waals surface area contributed by atoms with Crippen LogP contribution in [0.3, 0.4) is 0 Å². The van der Waals surface area contributed by atoms with E-state index in [0.717, 1.165) is 82.6 Å². The molecule has 8 rings (SSSR count). The number of rotatable bonds is 10. The van der Waals surface area contributed by atoms with Crippen LogP contribution >= 0.6 is 0 Å². The second-order valence-corrected chi connectivity index (χ2v) is 13.8. The van der Waals surface area contributed by atoms with Crippen molar-refractivity contribution in [3.05, 3.63) is 95.1 Å². The average molecular weight is 565 g/mol. The lowest BCUT2D eigenvalue weighted by Crippen LogP contribution is -2.78. The molecule has 5 atom stereocenters. The van der Waals surface area contributed by atoms with Gasteiger partial charge in [0, 0.05) is 30.7 Å². The molecule has 5 heteroatoms. The minimum absolute atomic E-state index is 0.121. The highest BCUT2D eigenvalue weighted by Crippen LogP contribution is 2.66. The summed E-state index contributed by atoms with van der Waals surface area (Å²) in [6.45, 7) is 3.98. The number of benzene rings is 3. The highest BCUT2D eigenvalue weighted by atomic mass is 16.5. The second-order valence-electron chi connectivity index (χ2n) is 13.8. The third-order valence-electron chi connectivity index (χ3n) is 11.4. The zero-order valence-electron chi connectivity index (χ0n) is 24.6. The largest absolute Gasteiger partial charge is 0.504 e. The van der Waals surface area contributed by atoms with Gasteiger partial charge in [-0.05, 0) is 99.6 Å². The monoisotopic (exact) mass is 564 g/mol. The molecule has 1 spiro atoms. The molecule has 2 N–H and O–H groups in total. The molecule has 0 radical (unpaired) electrons. The van der Waals surface area contributed by atoms with E-state index >= 15 is 0 Å². The number of aromatic hydroxyl groups is 1. The maximum absolute atomic E-state index is 12.9. The second kappa shape index (κ2) is 10.4. The van der Waals surface area contributed by atoms with Crippen molar-refractivity contribution in [2.24, 2.45) is 5.92 Å². The Kier molecular flexibility index (Phi) is 6.62. The fourth-order valence-corrected chi connectivity index (χ4v) is 9.30. The van der Waals surface area contributed by atoms with E-state index in [-0.39, 0.29) is 23.9 Å². The van der Waals surface area contributed by atoms with Crippen molar-refractivity contribution in [2.45, 2.75) is 93.5 Å². The summed E-state index contributed by atoms with van der Waals surface area (Å²) in [7, 11) is 0. The molecule has 5 aliphatic rings. The molecular weight excluding hydrogens is 520 g/mol. The van der Waals surface area contributed by atoms with Gasteiger partial charge < -0.3 is 14.9 Å². The SMILES string of the molecule is Oc1ccc2c3c1O[C@H]1[C@H](N(CCCCc4ccccc4)Cc4ccccc4)CC[C@@]4(O)[C@@H](C2)N(CC2CC2)CC[C@]314. The van der Waals surface area contributed by atoms with Crippen LogP contribution < -0.4 is 4.74 Å². The van der Waals surface area contributed by atoms with Gasteiger partial charge in [0.05, 0.1) is 11.0 Å². The number of ether oxygens (including phenoxy) is 1. The molecule has 2 saturated carbocycles. The predicted octanol–water partition coefficient (Wildman–Crippen LogP) is 5.85. The van der Waals surface area contributed by atoms with Crippen LogP contribution in [0.1, 0.15) is 67.2 Å². The van der Waals surface area contributed by atoms with Gasteiger partial charge in [0.1, 0.15) is 6.10 Å². The average Bonchev–Trinajstić information content (AvgIpc) is 3.76. The van der Waals surface area contributed by atoms with Crippen molar-refractivity contribution < 1.29 is 14.9 Å². The summed E-state index contributed by atoms with van der Waals surface area (Å²) < 4.78 is 6.94. The lowest BCUT2D eigenvalue weighted by Gasteiger charge is -2.65. The number of aliphatic hydroxyl groups is 1. The van der Waals surface area contributed by atoms with E-state index in [1.54, 1.807) is 0 Å². The summed E-state index contributed by atoms with van der Waals surface area (Å²) in [5.41, 5.74) is 3.82. The Morgan fingerprint density at radius 1 is 0.881 bits per heavy atom. The predicted molar refractivity (Wildman–Crippen MR) is 165 cm³/mol. The van der Waals surface area contributed by atoms with Gasteiger partial charge >= 0.3 is 0 Å². The van der Waals surface area contributed by atoms with Crippen molar-refractivity contribution in [3.8, 4) is 11.5 Å². The normalized spacial score (nSPS) is 31.1. The van der Waals surface area contributed by atoms with Gasteiger partial charge in [0.2, 0.25) is 0 Å². The van der Waals surface area contributed by atoms with Crippen LogP contribution in [-0.2, 0) is 24.8 Å². The zero-order chi connectivity index (χ0) is 28.3. The van der Waals surface area contributed by atoms with Gasteiger partial charge in [-0.3, -0.25) is 9.80 Å². The number of hydrogen-bond donors (Lipinski definition) is 2. The van der Waals surface area contributed by atoms with Gasteiger partial charge in [-0.2, -0.15) is 0 Å². The molecule has 2 bridgehead atoms. The van der Waals surface area contributed by atoms with E-state index in [1.807, 2.05) is 6.07 Å². The standard InChI is InChI=1S/C37H44N2O3/c40-31-17-16-29-23-32-37(41)19-18-30(35-36(37,33(29)34(31)42-35)20-22-39(32)25-28-14-15-28)38(24-27-12-5-2-6-13-27)21-8-7-11-26-9-3-1-4-10-26/h1-6,9-10,12-13,16-17,28,30,32,35,40-41H,7-8,11,14-15,18-25H2/t30-,32-,35+,36+,37-/m1/s1. The first-order valence-corrected chi connectivity index (χ1v) is 16.4. The lowest BCUT2D eigenvalue weighted by molar-refractivity contribution is -0.201. The van der Waals surface area contributed by atoms with Gasteiger partial charge in [-0.1, -0.05) is 66.7 Å². The van der Waals surface area contributed by atoms with Gasteiger partial charge in [0.25, 0.3) is 0 Å². The number of hydrogen-bond acceptors (Lipinski definition) is 5. The number of unbranched alkanes of at least 4 members (excludes halogenated alkanes) is 1. The van der Waals surface area contributed by atoms with Gasteiger partial charge in [-0.25, -0.2) is 0 Å². The van der Waals surface area contributed by atoms with E-state index in [9.17, 15) is 10.2 Å². The Balaban J connectivity index is 1.13. The Morgan fingerprint density at radius 2 is 1.64 bits per heavy atom. The van der Waals surface area contributed by atoms with Crippen molar-refractivity contribution in [2.75, 3.05) is 19.6 Å². The molecule has 1 saturated heterocycles. The third kappa shape index (κ3) is 4.23. The van der Waals surface area contributed by atoms with Crippen molar-refractivity contribution >= 4 is 0 Å². The summed E-state index contributed by atoms with van der Waals surface area (Å²) in [4.78, 5) is 5.28. The van der Waals surface area contributed by atoms with Crippen LogP contribution in [-0.4, -0.2) is 63.4 Å². The summed E-state index contributed by atoms with van der Waals surface area (Å²) in [5.74, 6) is 1.68. The van der Waals surface area contributed by atoms with E-state index in [1.165, 1.54) is 29.5 Å². The highest BCUT2D eigenvalue weighted by Gasteiger charge is 2.73. The summed E-state index contributed by atoms with van der Waals surface area (Å²) in [6, 6.07) is 25.9. The maximum atomic E-state index is 12.9.